The number of hydrogen-bond acceptors (Lipinski definition) is 5. The summed E-state index contributed by atoms with van der Waals surface area (Å²) in [6, 6.07) is 7.99. The van der Waals surface area contributed by atoms with Crippen molar-refractivity contribution in [2.24, 2.45) is 23.2 Å². The molecule has 3 aliphatic carbocycles. The highest BCUT2D eigenvalue weighted by atomic mass is 32.1. The van der Waals surface area contributed by atoms with Crippen molar-refractivity contribution in [3.8, 4) is 0 Å². The molecular formula is C31H41NO3S. The molecule has 0 unspecified atom stereocenters. The molecule has 0 bridgehead atoms. The summed E-state index contributed by atoms with van der Waals surface area (Å²) in [4.78, 5) is 17.3. The second-order valence-corrected chi connectivity index (χ2v) is 12.9. The Hall–Kier alpha value is -1.82. The molecule has 3 fully saturated rings. The predicted octanol–water partition coefficient (Wildman–Crippen LogP) is 7.26. The third-order valence-corrected chi connectivity index (χ3v) is 10.5. The fourth-order valence-corrected chi connectivity index (χ4v) is 8.56. The maximum Gasteiger partial charge on any atom is 0.191 e. The van der Waals surface area contributed by atoms with Gasteiger partial charge in [-0.15, -0.1) is 11.3 Å². The molecule has 5 heteroatoms. The summed E-state index contributed by atoms with van der Waals surface area (Å²) in [5, 5.41) is 20.7. The number of thiazole rings is 1. The lowest BCUT2D eigenvalue weighted by atomic mass is 9.60. The van der Waals surface area contributed by atoms with Crippen molar-refractivity contribution < 1.29 is 15.0 Å². The van der Waals surface area contributed by atoms with Gasteiger partial charge in [-0.1, -0.05) is 49.3 Å². The Kier molecular flexibility index (Phi) is 7.81. The van der Waals surface area contributed by atoms with Gasteiger partial charge in [-0.2, -0.15) is 0 Å². The third kappa shape index (κ3) is 5.39. The lowest BCUT2D eigenvalue weighted by Gasteiger charge is -2.44. The van der Waals surface area contributed by atoms with Gasteiger partial charge < -0.3 is 10.2 Å². The largest absolute Gasteiger partial charge is 0.393 e. The smallest absolute Gasteiger partial charge is 0.191 e. The summed E-state index contributed by atoms with van der Waals surface area (Å²) in [6.07, 6.45) is 14.5. The Bertz CT molecular complexity index is 1100. The van der Waals surface area contributed by atoms with E-state index >= 15 is 0 Å². The lowest BCUT2D eigenvalue weighted by molar-refractivity contribution is 0.0609. The van der Waals surface area contributed by atoms with Gasteiger partial charge >= 0.3 is 0 Å². The van der Waals surface area contributed by atoms with Crippen LogP contribution in [0.25, 0.3) is 10.2 Å². The number of benzene rings is 1. The first kappa shape index (κ1) is 25.8. The summed E-state index contributed by atoms with van der Waals surface area (Å²) < 4.78 is 1.09. The van der Waals surface area contributed by atoms with Gasteiger partial charge in [0.2, 0.25) is 0 Å². The Balaban J connectivity index is 1.19. The summed E-state index contributed by atoms with van der Waals surface area (Å²) in [7, 11) is 0. The maximum atomic E-state index is 12.8. The van der Waals surface area contributed by atoms with Gasteiger partial charge in [-0.25, -0.2) is 4.98 Å². The number of ketones is 1. The third-order valence-electron chi connectivity index (χ3n) is 9.39. The van der Waals surface area contributed by atoms with Crippen LogP contribution in [0, 0.1) is 23.2 Å². The summed E-state index contributed by atoms with van der Waals surface area (Å²) in [5.41, 5.74) is 4.02. The van der Waals surface area contributed by atoms with Gasteiger partial charge in [-0.05, 0) is 99.5 Å². The zero-order chi connectivity index (χ0) is 25.3. The lowest BCUT2D eigenvalue weighted by Crippen LogP contribution is -2.36. The maximum absolute atomic E-state index is 12.8. The highest BCUT2D eigenvalue weighted by Crippen LogP contribution is 2.59. The molecule has 1 heterocycles. The zero-order valence-electron chi connectivity index (χ0n) is 21.8. The normalized spacial score (nSPS) is 32.6. The zero-order valence-corrected chi connectivity index (χ0v) is 22.6. The molecule has 1 aromatic carbocycles. The number of nitrogens with zero attached hydrogens (tertiary/aromatic N) is 1. The van der Waals surface area contributed by atoms with Crippen LogP contribution in [0.3, 0.4) is 0 Å². The van der Waals surface area contributed by atoms with E-state index in [-0.39, 0.29) is 5.78 Å². The van der Waals surface area contributed by atoms with E-state index in [2.05, 4.69) is 31.0 Å². The molecule has 2 aromatic rings. The average Bonchev–Trinajstić information content (AvgIpc) is 3.43. The van der Waals surface area contributed by atoms with Gasteiger partial charge in [0.25, 0.3) is 0 Å². The summed E-state index contributed by atoms with van der Waals surface area (Å²) >= 11 is 1.52. The topological polar surface area (TPSA) is 70.4 Å². The molecule has 1 aromatic heterocycles. The highest BCUT2D eigenvalue weighted by Gasteiger charge is 2.50. The molecule has 0 aliphatic heterocycles. The van der Waals surface area contributed by atoms with E-state index < -0.39 is 12.2 Å². The van der Waals surface area contributed by atoms with Crippen molar-refractivity contribution in [1.82, 2.24) is 4.98 Å². The SMILES string of the molecule is C[C@H](CCCC(=O)c1nc2ccccc2s1)[C@H]1CC[C@H]2/C(=C/C=C3C[C@@H](O)C[C@H](O)C3)CCC[C@]12C. The molecule has 3 saturated carbocycles. The Morgan fingerprint density at radius 2 is 1.97 bits per heavy atom. The molecule has 6 atom stereocenters. The van der Waals surface area contributed by atoms with Crippen LogP contribution < -0.4 is 0 Å². The van der Waals surface area contributed by atoms with Crippen LogP contribution in [0.5, 0.6) is 0 Å². The second kappa shape index (κ2) is 10.9. The molecule has 36 heavy (non-hydrogen) atoms. The Morgan fingerprint density at radius 1 is 1.19 bits per heavy atom. The highest BCUT2D eigenvalue weighted by molar-refractivity contribution is 7.20. The van der Waals surface area contributed by atoms with Crippen LogP contribution in [0.4, 0.5) is 0 Å². The number of para-hydroxylation sites is 1. The van der Waals surface area contributed by atoms with Crippen LogP contribution in [0.1, 0.15) is 94.3 Å². The molecule has 3 aliphatic rings. The number of carbonyl (C=O) groups excluding carboxylic acids is 1. The minimum Gasteiger partial charge on any atom is -0.393 e. The number of allylic oxidation sites excluding steroid dienone is 3. The van der Waals surface area contributed by atoms with Gasteiger partial charge in [0.1, 0.15) is 0 Å². The van der Waals surface area contributed by atoms with Crippen LogP contribution in [0.2, 0.25) is 0 Å². The molecule has 194 valence electrons. The quantitative estimate of drug-likeness (QED) is 0.387. The number of hydrogen-bond donors (Lipinski definition) is 2. The van der Waals surface area contributed by atoms with Crippen molar-refractivity contribution in [3.05, 3.63) is 52.6 Å². The van der Waals surface area contributed by atoms with Crippen molar-refractivity contribution >= 4 is 27.3 Å². The van der Waals surface area contributed by atoms with Crippen LogP contribution in [-0.4, -0.2) is 33.2 Å². The minimum atomic E-state index is -0.409. The number of aliphatic hydroxyl groups is 2. The van der Waals surface area contributed by atoms with E-state index in [1.165, 1.54) is 49.0 Å². The van der Waals surface area contributed by atoms with Crippen molar-refractivity contribution in [1.29, 1.82) is 0 Å². The first-order valence-electron chi connectivity index (χ1n) is 14.0. The van der Waals surface area contributed by atoms with Crippen molar-refractivity contribution in [3.63, 3.8) is 0 Å². The molecule has 2 N–H and O–H groups in total. The second-order valence-electron chi connectivity index (χ2n) is 11.9. The molecule has 4 nitrogen and oxygen atoms in total. The molecule has 0 amide bonds. The van der Waals surface area contributed by atoms with Crippen molar-refractivity contribution in [2.75, 3.05) is 0 Å². The monoisotopic (exact) mass is 507 g/mol. The average molecular weight is 508 g/mol. The Labute approximate surface area is 219 Å². The van der Waals surface area contributed by atoms with E-state index in [1.54, 1.807) is 5.57 Å². The minimum absolute atomic E-state index is 0.188. The van der Waals surface area contributed by atoms with Crippen LogP contribution in [0.15, 0.2) is 47.6 Å². The number of fused-ring (bicyclic) bond motifs is 2. The fraction of sp³-hybridized carbons (Fsp3) is 0.613. The van der Waals surface area contributed by atoms with E-state index in [0.717, 1.165) is 23.1 Å². The molecule has 0 spiro atoms. The van der Waals surface area contributed by atoms with Crippen LogP contribution >= 0.6 is 11.3 Å². The first-order chi connectivity index (χ1) is 17.3. The van der Waals surface area contributed by atoms with Gasteiger partial charge in [0.05, 0.1) is 22.4 Å². The number of carbonyl (C=O) groups is 1. The fourth-order valence-electron chi connectivity index (χ4n) is 7.63. The number of aliphatic hydroxyl groups excluding tert-OH is 2. The molecule has 5 rings (SSSR count). The van der Waals surface area contributed by atoms with Crippen molar-refractivity contribution in [2.45, 2.75) is 96.7 Å². The number of Topliss-reactive ketones (excluding diaryl/α,β-unsaturated/α-hetero) is 1. The Morgan fingerprint density at radius 3 is 2.75 bits per heavy atom. The molecule has 0 radical (unpaired) electrons. The molecule has 0 saturated heterocycles. The van der Waals surface area contributed by atoms with Gasteiger partial charge in [0, 0.05) is 6.42 Å². The van der Waals surface area contributed by atoms with E-state index in [1.807, 2.05) is 24.3 Å². The van der Waals surface area contributed by atoms with E-state index in [9.17, 15) is 15.0 Å². The van der Waals surface area contributed by atoms with Gasteiger partial charge in [-0.3, -0.25) is 4.79 Å². The van der Waals surface area contributed by atoms with E-state index in [0.29, 0.717) is 53.9 Å². The number of rotatable bonds is 7. The summed E-state index contributed by atoms with van der Waals surface area (Å²) in [6.45, 7) is 4.93. The van der Waals surface area contributed by atoms with Gasteiger partial charge in [0.15, 0.2) is 10.8 Å². The summed E-state index contributed by atoms with van der Waals surface area (Å²) in [5.74, 6) is 2.14. The van der Waals surface area contributed by atoms with Crippen LogP contribution in [-0.2, 0) is 0 Å². The molecular weight excluding hydrogens is 466 g/mol. The first-order valence-corrected chi connectivity index (χ1v) is 14.8. The predicted molar refractivity (Wildman–Crippen MR) is 147 cm³/mol. The van der Waals surface area contributed by atoms with E-state index in [4.69, 9.17) is 0 Å². The standard InChI is InChI=1S/C31H41NO3S/c1-20(7-5-10-28(35)30-32-27-9-3-4-11-29(27)36-30)25-14-15-26-22(8-6-16-31(25,26)2)13-12-21-17-23(33)19-24(34)18-21/h3-4,9,11-13,20,23-26,33-34H,5-8,10,14-19H2,1-2H3/b22-13+/t20-,23-,24-,25-,26+,31-/m1/s1. The number of aromatic nitrogens is 1.